The van der Waals surface area contributed by atoms with Gasteiger partial charge in [-0.1, -0.05) is 13.0 Å². The topological polar surface area (TPSA) is 84.2 Å². The zero-order chi connectivity index (χ0) is 15.0. The Bertz CT molecular complexity index is 472. The predicted molar refractivity (Wildman–Crippen MR) is 81.4 cm³/mol. The molecule has 5 nitrogen and oxygen atoms in total. The number of amides is 2. The number of rotatable bonds is 7. The molecule has 0 aromatic heterocycles. The molecule has 2 amide bonds. The van der Waals surface area contributed by atoms with E-state index >= 15 is 0 Å². The molecule has 0 aliphatic rings. The Labute approximate surface area is 119 Å². The van der Waals surface area contributed by atoms with Crippen LogP contribution in [0.4, 0.5) is 11.4 Å². The van der Waals surface area contributed by atoms with E-state index in [1.54, 1.807) is 12.1 Å². The molecule has 0 saturated heterocycles. The maximum absolute atomic E-state index is 11.8. The lowest BCUT2D eigenvalue weighted by atomic mass is 10.1. The van der Waals surface area contributed by atoms with Crippen LogP contribution in [0.5, 0.6) is 0 Å². The number of carbonyl (C=O) groups excluding carboxylic acids is 2. The van der Waals surface area contributed by atoms with Gasteiger partial charge in [0.15, 0.2) is 0 Å². The molecular weight excluding hydrogens is 254 g/mol. The van der Waals surface area contributed by atoms with E-state index < -0.39 is 0 Å². The van der Waals surface area contributed by atoms with E-state index in [0.29, 0.717) is 31.5 Å². The van der Waals surface area contributed by atoms with Gasteiger partial charge in [-0.3, -0.25) is 9.59 Å². The van der Waals surface area contributed by atoms with E-state index in [9.17, 15) is 9.59 Å². The van der Waals surface area contributed by atoms with Crippen molar-refractivity contribution >= 4 is 23.2 Å². The second-order valence-corrected chi connectivity index (χ2v) is 4.83. The van der Waals surface area contributed by atoms with Crippen molar-refractivity contribution in [2.75, 3.05) is 17.6 Å². The fourth-order valence-corrected chi connectivity index (χ4v) is 1.75. The molecule has 4 N–H and O–H groups in total. The van der Waals surface area contributed by atoms with Gasteiger partial charge >= 0.3 is 0 Å². The van der Waals surface area contributed by atoms with E-state index in [4.69, 9.17) is 5.73 Å². The molecule has 0 aliphatic heterocycles. The molecule has 0 fully saturated rings. The lowest BCUT2D eigenvalue weighted by Gasteiger charge is -2.09. The average molecular weight is 277 g/mol. The van der Waals surface area contributed by atoms with E-state index in [2.05, 4.69) is 10.6 Å². The second kappa shape index (κ2) is 8.19. The van der Waals surface area contributed by atoms with Gasteiger partial charge in [-0.25, -0.2) is 0 Å². The van der Waals surface area contributed by atoms with Crippen LogP contribution in [0, 0.1) is 6.92 Å². The number of nitrogen functional groups attached to an aromatic ring is 1. The summed E-state index contributed by atoms with van der Waals surface area (Å²) in [4.78, 5) is 23.2. The van der Waals surface area contributed by atoms with E-state index in [1.807, 2.05) is 19.9 Å². The molecule has 1 aromatic carbocycles. The number of anilines is 2. The Morgan fingerprint density at radius 2 is 1.90 bits per heavy atom. The highest BCUT2D eigenvalue weighted by molar-refractivity contribution is 5.92. The minimum atomic E-state index is -0.0954. The molecule has 0 heterocycles. The normalized spacial score (nSPS) is 10.1. The third-order valence-corrected chi connectivity index (χ3v) is 2.92. The molecular formula is C15H23N3O2. The van der Waals surface area contributed by atoms with Gasteiger partial charge in [0.05, 0.1) is 0 Å². The van der Waals surface area contributed by atoms with Gasteiger partial charge in [0.25, 0.3) is 0 Å². The third kappa shape index (κ3) is 5.73. The Kier molecular flexibility index (Phi) is 6.56. The van der Waals surface area contributed by atoms with Crippen LogP contribution in [0.3, 0.4) is 0 Å². The third-order valence-electron chi connectivity index (χ3n) is 2.92. The molecule has 0 radical (unpaired) electrons. The molecule has 0 spiro atoms. The number of hydrogen-bond donors (Lipinski definition) is 3. The van der Waals surface area contributed by atoms with Gasteiger partial charge in [0, 0.05) is 30.8 Å². The lowest BCUT2D eigenvalue weighted by Crippen LogP contribution is -2.24. The largest absolute Gasteiger partial charge is 0.399 e. The summed E-state index contributed by atoms with van der Waals surface area (Å²) in [7, 11) is 0. The summed E-state index contributed by atoms with van der Waals surface area (Å²) in [6.07, 6.45) is 2.17. The van der Waals surface area contributed by atoms with Crippen molar-refractivity contribution in [3.63, 3.8) is 0 Å². The van der Waals surface area contributed by atoms with Crippen molar-refractivity contribution in [1.82, 2.24) is 5.32 Å². The summed E-state index contributed by atoms with van der Waals surface area (Å²) >= 11 is 0. The van der Waals surface area contributed by atoms with Crippen LogP contribution in [0.15, 0.2) is 18.2 Å². The van der Waals surface area contributed by atoms with Crippen LogP contribution >= 0.6 is 0 Å². The second-order valence-electron chi connectivity index (χ2n) is 4.83. The number of aryl methyl sites for hydroxylation is 1. The Balaban J connectivity index is 2.33. The van der Waals surface area contributed by atoms with Gasteiger partial charge in [0.2, 0.25) is 11.8 Å². The molecule has 20 heavy (non-hydrogen) atoms. The van der Waals surface area contributed by atoms with Crippen molar-refractivity contribution in [3.8, 4) is 0 Å². The van der Waals surface area contributed by atoms with Crippen LogP contribution in [0.2, 0.25) is 0 Å². The smallest absolute Gasteiger partial charge is 0.224 e. The Morgan fingerprint density at radius 1 is 1.20 bits per heavy atom. The van der Waals surface area contributed by atoms with Crippen LogP contribution in [-0.4, -0.2) is 18.4 Å². The first-order valence-electron chi connectivity index (χ1n) is 6.95. The minimum absolute atomic E-state index is 0.000198. The Hall–Kier alpha value is -2.04. The Morgan fingerprint density at radius 3 is 2.60 bits per heavy atom. The first-order valence-corrected chi connectivity index (χ1v) is 6.95. The molecule has 0 unspecified atom stereocenters. The summed E-state index contributed by atoms with van der Waals surface area (Å²) in [5, 5.41) is 5.60. The molecule has 1 rings (SSSR count). The van der Waals surface area contributed by atoms with Gasteiger partial charge in [-0.05, 0) is 37.5 Å². The van der Waals surface area contributed by atoms with Crippen LogP contribution < -0.4 is 16.4 Å². The van der Waals surface area contributed by atoms with Gasteiger partial charge in [-0.2, -0.15) is 0 Å². The SMILES string of the molecule is CCCNC(=O)CCCC(=O)Nc1cc(N)ccc1C. The van der Waals surface area contributed by atoms with Gasteiger partial charge in [-0.15, -0.1) is 0 Å². The van der Waals surface area contributed by atoms with E-state index in [-0.39, 0.29) is 11.8 Å². The first-order chi connectivity index (χ1) is 9.52. The number of carbonyl (C=O) groups is 2. The number of hydrogen-bond acceptors (Lipinski definition) is 3. The number of nitrogens with two attached hydrogens (primary N) is 1. The maximum atomic E-state index is 11.8. The summed E-state index contributed by atoms with van der Waals surface area (Å²) in [5.74, 6) is -0.0956. The summed E-state index contributed by atoms with van der Waals surface area (Å²) in [6, 6.07) is 5.40. The van der Waals surface area contributed by atoms with Crippen LogP contribution in [0.25, 0.3) is 0 Å². The van der Waals surface area contributed by atoms with Crippen molar-refractivity contribution in [2.45, 2.75) is 39.5 Å². The van der Waals surface area contributed by atoms with Crippen molar-refractivity contribution in [1.29, 1.82) is 0 Å². The fourth-order valence-electron chi connectivity index (χ4n) is 1.75. The molecule has 110 valence electrons. The molecule has 0 bridgehead atoms. The van der Waals surface area contributed by atoms with Crippen molar-refractivity contribution < 1.29 is 9.59 Å². The predicted octanol–water partition coefficient (Wildman–Crippen LogP) is 2.21. The number of benzene rings is 1. The summed E-state index contributed by atoms with van der Waals surface area (Å²) < 4.78 is 0. The summed E-state index contributed by atoms with van der Waals surface area (Å²) in [5.41, 5.74) is 7.99. The zero-order valence-electron chi connectivity index (χ0n) is 12.2. The standard InChI is InChI=1S/C15H23N3O2/c1-3-9-17-14(19)5-4-6-15(20)18-13-10-12(16)8-7-11(13)2/h7-8,10H,3-6,9,16H2,1-2H3,(H,17,19)(H,18,20). The number of nitrogens with one attached hydrogen (secondary N) is 2. The summed E-state index contributed by atoms with van der Waals surface area (Å²) in [6.45, 7) is 4.60. The molecule has 0 aliphatic carbocycles. The van der Waals surface area contributed by atoms with Crippen LogP contribution in [0.1, 0.15) is 38.2 Å². The maximum Gasteiger partial charge on any atom is 0.224 e. The van der Waals surface area contributed by atoms with E-state index in [1.165, 1.54) is 0 Å². The molecule has 0 atom stereocenters. The minimum Gasteiger partial charge on any atom is -0.399 e. The van der Waals surface area contributed by atoms with Crippen LogP contribution in [-0.2, 0) is 9.59 Å². The first kappa shape index (κ1) is 16.0. The highest BCUT2D eigenvalue weighted by atomic mass is 16.2. The quantitative estimate of drug-likeness (QED) is 0.668. The van der Waals surface area contributed by atoms with E-state index in [0.717, 1.165) is 17.7 Å². The zero-order valence-corrected chi connectivity index (χ0v) is 12.2. The van der Waals surface area contributed by atoms with Gasteiger partial charge in [0.1, 0.15) is 0 Å². The molecule has 1 aromatic rings. The monoisotopic (exact) mass is 277 g/mol. The average Bonchev–Trinajstić information content (AvgIpc) is 2.40. The van der Waals surface area contributed by atoms with Crippen molar-refractivity contribution in [2.24, 2.45) is 0 Å². The molecule has 0 saturated carbocycles. The molecule has 5 heteroatoms. The van der Waals surface area contributed by atoms with Gasteiger partial charge < -0.3 is 16.4 Å². The van der Waals surface area contributed by atoms with Crippen molar-refractivity contribution in [3.05, 3.63) is 23.8 Å². The highest BCUT2D eigenvalue weighted by Gasteiger charge is 2.07. The highest BCUT2D eigenvalue weighted by Crippen LogP contribution is 2.18. The lowest BCUT2D eigenvalue weighted by molar-refractivity contribution is -0.121. The fraction of sp³-hybridized carbons (Fsp3) is 0.467.